The maximum atomic E-state index is 12.4. The maximum Gasteiger partial charge on any atom is 0.573 e. The summed E-state index contributed by atoms with van der Waals surface area (Å²) in [7, 11) is 0. The molecule has 112 valence electrons. The van der Waals surface area contributed by atoms with Crippen molar-refractivity contribution in [1.29, 1.82) is 0 Å². The van der Waals surface area contributed by atoms with Crippen LogP contribution in [0.2, 0.25) is 0 Å². The van der Waals surface area contributed by atoms with Crippen molar-refractivity contribution in [1.82, 2.24) is 0 Å². The van der Waals surface area contributed by atoms with Crippen LogP contribution in [0.25, 0.3) is 0 Å². The molecule has 0 aromatic heterocycles. The number of nitrogens with one attached hydrogen (secondary N) is 1. The van der Waals surface area contributed by atoms with Gasteiger partial charge in [-0.1, -0.05) is 15.9 Å². The van der Waals surface area contributed by atoms with Crippen LogP contribution in [0.5, 0.6) is 5.75 Å². The van der Waals surface area contributed by atoms with E-state index in [9.17, 15) is 13.2 Å². The van der Waals surface area contributed by atoms with Crippen LogP contribution in [0.3, 0.4) is 0 Å². The quantitative estimate of drug-likeness (QED) is 0.472. The predicted molar refractivity (Wildman–Crippen MR) is 87.7 cm³/mol. The van der Waals surface area contributed by atoms with Crippen LogP contribution in [0.1, 0.15) is 0 Å². The summed E-state index contributed by atoms with van der Waals surface area (Å²) in [6.45, 7) is 0. The molecule has 2 aromatic rings. The Morgan fingerprint density at radius 2 is 1.76 bits per heavy atom. The zero-order chi connectivity index (χ0) is 15.6. The fourth-order valence-electron chi connectivity index (χ4n) is 1.59. The minimum Gasteiger partial charge on any atom is -0.404 e. The molecule has 2 aromatic carbocycles. The lowest BCUT2D eigenvalue weighted by Crippen LogP contribution is -2.18. The van der Waals surface area contributed by atoms with Gasteiger partial charge in [-0.2, -0.15) is 0 Å². The average Bonchev–Trinajstić information content (AvgIpc) is 2.33. The molecule has 0 atom stereocenters. The van der Waals surface area contributed by atoms with Crippen molar-refractivity contribution in [2.24, 2.45) is 0 Å². The Balaban J connectivity index is 2.35. The van der Waals surface area contributed by atoms with E-state index in [0.29, 0.717) is 15.8 Å². The zero-order valence-electron chi connectivity index (χ0n) is 10.3. The molecule has 0 saturated heterocycles. The second kappa shape index (κ2) is 6.30. The molecule has 0 fully saturated rings. The number of nitrogen functional groups attached to an aromatic ring is 1. The number of alkyl halides is 3. The van der Waals surface area contributed by atoms with E-state index >= 15 is 0 Å². The molecule has 8 heteroatoms. The number of nitrogens with two attached hydrogens (primary N) is 1. The first-order chi connectivity index (χ1) is 9.74. The monoisotopic (exact) mass is 472 g/mol. The number of hydrogen-bond donors (Lipinski definition) is 2. The van der Waals surface area contributed by atoms with Crippen LogP contribution in [0, 0.1) is 3.57 Å². The van der Waals surface area contributed by atoms with Crippen molar-refractivity contribution < 1.29 is 17.9 Å². The number of hydrogen-bond acceptors (Lipinski definition) is 3. The molecule has 3 N–H and O–H groups in total. The summed E-state index contributed by atoms with van der Waals surface area (Å²) in [4.78, 5) is 0. The molecular weight excluding hydrogens is 464 g/mol. The summed E-state index contributed by atoms with van der Waals surface area (Å²) < 4.78 is 42.6. The fourth-order valence-corrected chi connectivity index (χ4v) is 2.60. The van der Waals surface area contributed by atoms with E-state index in [4.69, 9.17) is 5.73 Å². The summed E-state index contributed by atoms with van der Waals surface area (Å²) >= 11 is 5.16. The Labute approximate surface area is 140 Å². The normalized spacial score (nSPS) is 11.3. The van der Waals surface area contributed by atoms with Crippen molar-refractivity contribution >= 4 is 55.6 Å². The van der Waals surface area contributed by atoms with E-state index in [2.05, 4.69) is 26.0 Å². The highest BCUT2D eigenvalue weighted by molar-refractivity contribution is 14.1. The number of rotatable bonds is 3. The lowest BCUT2D eigenvalue weighted by Gasteiger charge is -2.16. The van der Waals surface area contributed by atoms with Crippen LogP contribution in [-0.4, -0.2) is 6.36 Å². The standard InChI is InChI=1S/C13H9BrF3IN2O/c14-7-1-3-11(12(5-7)21-13(15,16)17)20-10-4-2-8(19)6-9(10)18/h1-6,20H,19H2. The van der Waals surface area contributed by atoms with Crippen LogP contribution in [-0.2, 0) is 0 Å². The average molecular weight is 473 g/mol. The Morgan fingerprint density at radius 1 is 1.10 bits per heavy atom. The maximum absolute atomic E-state index is 12.4. The van der Waals surface area contributed by atoms with Gasteiger partial charge in [-0.3, -0.25) is 0 Å². The van der Waals surface area contributed by atoms with Gasteiger partial charge in [0.1, 0.15) is 0 Å². The van der Waals surface area contributed by atoms with Crippen molar-refractivity contribution in [3.8, 4) is 5.75 Å². The summed E-state index contributed by atoms with van der Waals surface area (Å²) in [5, 5.41) is 2.91. The molecule has 0 radical (unpaired) electrons. The lowest BCUT2D eigenvalue weighted by molar-refractivity contribution is -0.274. The van der Waals surface area contributed by atoms with Gasteiger partial charge in [0, 0.05) is 13.7 Å². The number of halogens is 5. The Kier molecular flexibility index (Phi) is 4.87. The van der Waals surface area contributed by atoms with Crippen molar-refractivity contribution in [3.05, 3.63) is 44.4 Å². The SMILES string of the molecule is Nc1ccc(Nc2ccc(Br)cc2OC(F)(F)F)c(I)c1. The third-order valence-corrected chi connectivity index (χ3v) is 3.82. The molecule has 0 amide bonds. The van der Waals surface area contributed by atoms with Crippen molar-refractivity contribution in [2.75, 3.05) is 11.1 Å². The van der Waals surface area contributed by atoms with E-state index < -0.39 is 6.36 Å². The molecule has 0 spiro atoms. The first-order valence-electron chi connectivity index (χ1n) is 5.62. The third kappa shape index (κ3) is 4.67. The van der Waals surface area contributed by atoms with Crippen LogP contribution < -0.4 is 15.8 Å². The second-order valence-corrected chi connectivity index (χ2v) is 6.13. The number of anilines is 3. The highest BCUT2D eigenvalue weighted by Gasteiger charge is 2.32. The Morgan fingerprint density at radius 3 is 2.38 bits per heavy atom. The highest BCUT2D eigenvalue weighted by atomic mass is 127. The van der Waals surface area contributed by atoms with Gasteiger partial charge in [0.15, 0.2) is 5.75 Å². The molecule has 21 heavy (non-hydrogen) atoms. The van der Waals surface area contributed by atoms with E-state index in [1.807, 2.05) is 22.6 Å². The number of benzene rings is 2. The summed E-state index contributed by atoms with van der Waals surface area (Å²) in [6, 6.07) is 9.43. The molecule has 0 bridgehead atoms. The van der Waals surface area contributed by atoms with Crippen molar-refractivity contribution in [2.45, 2.75) is 6.36 Å². The molecule has 0 heterocycles. The number of ether oxygens (including phenoxy) is 1. The summed E-state index contributed by atoms with van der Waals surface area (Å²) in [5.41, 5.74) is 7.06. The fraction of sp³-hybridized carbons (Fsp3) is 0.0769. The van der Waals surface area contributed by atoms with Gasteiger partial charge in [-0.05, 0) is 59.0 Å². The molecule has 3 nitrogen and oxygen atoms in total. The summed E-state index contributed by atoms with van der Waals surface area (Å²) in [6.07, 6.45) is -4.76. The molecule has 2 rings (SSSR count). The molecular formula is C13H9BrF3IN2O. The first kappa shape index (κ1) is 16.2. The smallest absolute Gasteiger partial charge is 0.404 e. The minimum absolute atomic E-state index is 0.207. The zero-order valence-corrected chi connectivity index (χ0v) is 14.1. The van der Waals surface area contributed by atoms with Gasteiger partial charge in [-0.15, -0.1) is 13.2 Å². The van der Waals surface area contributed by atoms with Gasteiger partial charge in [-0.25, -0.2) is 0 Å². The van der Waals surface area contributed by atoms with Crippen LogP contribution in [0.4, 0.5) is 30.2 Å². The molecule has 0 aliphatic carbocycles. The van der Waals surface area contributed by atoms with Gasteiger partial charge in [0.05, 0.1) is 11.4 Å². The van der Waals surface area contributed by atoms with Gasteiger partial charge in [0.25, 0.3) is 0 Å². The topological polar surface area (TPSA) is 47.3 Å². The van der Waals surface area contributed by atoms with Gasteiger partial charge < -0.3 is 15.8 Å². The van der Waals surface area contributed by atoms with Gasteiger partial charge in [0.2, 0.25) is 0 Å². The Hall–Kier alpha value is -1.16. The minimum atomic E-state index is -4.76. The molecule has 0 saturated carbocycles. The second-order valence-electron chi connectivity index (χ2n) is 4.05. The Bertz CT molecular complexity index is 664. The highest BCUT2D eigenvalue weighted by Crippen LogP contribution is 2.35. The molecule has 0 unspecified atom stereocenters. The van der Waals surface area contributed by atoms with Crippen LogP contribution >= 0.6 is 38.5 Å². The first-order valence-corrected chi connectivity index (χ1v) is 7.49. The van der Waals surface area contributed by atoms with Gasteiger partial charge >= 0.3 is 6.36 Å². The van der Waals surface area contributed by atoms with E-state index in [1.165, 1.54) is 12.1 Å². The lowest BCUT2D eigenvalue weighted by atomic mass is 10.2. The molecule has 0 aliphatic heterocycles. The largest absolute Gasteiger partial charge is 0.573 e. The van der Waals surface area contributed by atoms with E-state index in [-0.39, 0.29) is 11.4 Å². The van der Waals surface area contributed by atoms with Crippen molar-refractivity contribution in [3.63, 3.8) is 0 Å². The molecule has 0 aliphatic rings. The van der Waals surface area contributed by atoms with E-state index in [1.54, 1.807) is 24.3 Å². The third-order valence-electron chi connectivity index (χ3n) is 2.43. The van der Waals surface area contributed by atoms with E-state index in [0.717, 1.165) is 3.57 Å². The predicted octanol–water partition coefficient (Wildman–Crippen LogP) is 5.28. The van der Waals surface area contributed by atoms with Crippen LogP contribution in [0.15, 0.2) is 40.9 Å². The summed E-state index contributed by atoms with van der Waals surface area (Å²) in [5.74, 6) is -0.315.